The van der Waals surface area contributed by atoms with Gasteiger partial charge in [0.2, 0.25) is 11.5 Å². The minimum Gasteiger partial charge on any atom is -0.507 e. The number of aryl methyl sites for hydroxylation is 1. The van der Waals surface area contributed by atoms with Crippen LogP contribution in [0.15, 0.2) is 74.4 Å². The van der Waals surface area contributed by atoms with Crippen LogP contribution in [-0.2, 0) is 22.4 Å². The van der Waals surface area contributed by atoms with Crippen molar-refractivity contribution in [1.82, 2.24) is 0 Å². The average molecular weight is 561 g/mol. The van der Waals surface area contributed by atoms with Crippen LogP contribution in [0.4, 0.5) is 0 Å². The molecule has 2 aliphatic carbocycles. The standard InChI is InChI=1S/C16H12O6.C15H16O4/c17-10-2-1-8-13-9-4-12(19)11(18)3-7(9)5-16(13,21)6-22-15(8)14(10)20;1-8(2)4-5-10-11(16)7-13-14(15(10)18)12(17)6-9(3)19-13/h1-4,18-21H,5-6H2;4,6-7,16,18H,5H2,1-3H3. The van der Waals surface area contributed by atoms with Gasteiger partial charge in [-0.15, -0.1) is 0 Å². The number of rotatable bonds is 2. The summed E-state index contributed by atoms with van der Waals surface area (Å²) in [6.07, 6.45) is 5.13. The number of allylic oxidation sites excluding steroid dienone is 4. The van der Waals surface area contributed by atoms with E-state index < -0.39 is 17.1 Å². The van der Waals surface area contributed by atoms with E-state index in [0.29, 0.717) is 40.0 Å². The van der Waals surface area contributed by atoms with Crippen LogP contribution in [0.1, 0.15) is 36.3 Å². The molecular formula is C31H28O10. The summed E-state index contributed by atoms with van der Waals surface area (Å²) in [6.45, 7) is 5.37. The highest BCUT2D eigenvalue weighted by molar-refractivity contribution is 6.06. The number of benzene rings is 2. The van der Waals surface area contributed by atoms with Crippen LogP contribution in [0.5, 0.6) is 23.0 Å². The zero-order chi connectivity index (χ0) is 29.8. The Morgan fingerprint density at radius 1 is 0.976 bits per heavy atom. The smallest absolute Gasteiger partial charge is 0.224 e. The summed E-state index contributed by atoms with van der Waals surface area (Å²) in [7, 11) is 0. The second-order valence-corrected chi connectivity index (χ2v) is 10.5. The molecule has 0 amide bonds. The lowest BCUT2D eigenvalue weighted by atomic mass is 9.85. The van der Waals surface area contributed by atoms with E-state index >= 15 is 0 Å². The Morgan fingerprint density at radius 2 is 1.68 bits per heavy atom. The monoisotopic (exact) mass is 560 g/mol. The fourth-order valence-electron chi connectivity index (χ4n) is 5.22. The molecule has 0 fully saturated rings. The first kappa shape index (κ1) is 27.6. The zero-order valence-electron chi connectivity index (χ0n) is 22.5. The summed E-state index contributed by atoms with van der Waals surface area (Å²) in [5.74, 6) is -1.42. The maximum atomic E-state index is 11.9. The van der Waals surface area contributed by atoms with Crippen molar-refractivity contribution in [2.75, 3.05) is 6.61 Å². The number of aliphatic hydroxyl groups is 2. The van der Waals surface area contributed by atoms with Crippen LogP contribution >= 0.6 is 0 Å². The molecule has 212 valence electrons. The van der Waals surface area contributed by atoms with Crippen molar-refractivity contribution < 1.29 is 44.6 Å². The summed E-state index contributed by atoms with van der Waals surface area (Å²) in [6, 6.07) is 5.46. The lowest BCUT2D eigenvalue weighted by Crippen LogP contribution is -2.39. The van der Waals surface area contributed by atoms with Crippen molar-refractivity contribution >= 4 is 22.3 Å². The van der Waals surface area contributed by atoms with E-state index in [9.17, 15) is 40.2 Å². The van der Waals surface area contributed by atoms with Crippen molar-refractivity contribution in [2.45, 2.75) is 39.2 Å². The van der Waals surface area contributed by atoms with Gasteiger partial charge in [0.25, 0.3) is 0 Å². The molecule has 3 aliphatic rings. The molecule has 0 bridgehead atoms. The quantitative estimate of drug-likeness (QED) is 0.197. The summed E-state index contributed by atoms with van der Waals surface area (Å²) in [5, 5.41) is 60.3. The van der Waals surface area contributed by atoms with Gasteiger partial charge in [-0.25, -0.2) is 0 Å². The Bertz CT molecular complexity index is 1810. The van der Waals surface area contributed by atoms with E-state index in [4.69, 9.17) is 9.15 Å². The molecule has 2 aromatic carbocycles. The largest absolute Gasteiger partial charge is 0.507 e. The number of phenolic OH excluding ortho intramolecular Hbond substituents is 4. The fraction of sp³-hybridized carbons (Fsp3) is 0.226. The molecule has 0 spiro atoms. The van der Waals surface area contributed by atoms with Crippen LogP contribution in [0, 0.1) is 6.92 Å². The summed E-state index contributed by atoms with van der Waals surface area (Å²) < 4.78 is 10.7. The fourth-order valence-corrected chi connectivity index (χ4v) is 5.22. The molecule has 0 saturated heterocycles. The first-order valence-electron chi connectivity index (χ1n) is 12.7. The lowest BCUT2D eigenvalue weighted by molar-refractivity contribution is -0.114. The van der Waals surface area contributed by atoms with Crippen molar-refractivity contribution in [2.24, 2.45) is 0 Å². The number of hydrogen-bond donors (Lipinski definition) is 6. The van der Waals surface area contributed by atoms with Gasteiger partial charge < -0.3 is 39.8 Å². The maximum absolute atomic E-state index is 11.9. The van der Waals surface area contributed by atoms with Crippen LogP contribution in [0.2, 0.25) is 0 Å². The molecule has 1 aliphatic heterocycles. The topological polar surface area (TPSA) is 178 Å². The molecule has 10 nitrogen and oxygen atoms in total. The summed E-state index contributed by atoms with van der Waals surface area (Å²) in [4.78, 5) is 23.4. The highest BCUT2D eigenvalue weighted by Crippen LogP contribution is 2.50. The first-order chi connectivity index (χ1) is 19.3. The second-order valence-electron chi connectivity index (χ2n) is 10.5. The maximum Gasteiger partial charge on any atom is 0.224 e. The van der Waals surface area contributed by atoms with Crippen molar-refractivity contribution in [3.05, 3.63) is 97.8 Å². The second kappa shape index (κ2) is 9.90. The molecule has 1 aromatic heterocycles. The third-order valence-electron chi connectivity index (χ3n) is 7.15. The number of hydrogen-bond acceptors (Lipinski definition) is 10. The summed E-state index contributed by atoms with van der Waals surface area (Å²) >= 11 is 0. The number of ketones is 1. The molecule has 2 heterocycles. The zero-order valence-corrected chi connectivity index (χ0v) is 22.5. The van der Waals surface area contributed by atoms with Gasteiger partial charge >= 0.3 is 0 Å². The number of aliphatic hydroxyl groups excluding tert-OH is 1. The summed E-state index contributed by atoms with van der Waals surface area (Å²) in [5.41, 5.74) is 2.08. The van der Waals surface area contributed by atoms with E-state index in [1.807, 2.05) is 19.9 Å². The van der Waals surface area contributed by atoms with Gasteiger partial charge in [-0.1, -0.05) is 11.6 Å². The van der Waals surface area contributed by atoms with E-state index in [1.165, 1.54) is 36.4 Å². The van der Waals surface area contributed by atoms with Crippen LogP contribution < -0.4 is 5.43 Å². The molecule has 1 atom stereocenters. The number of fused-ring (bicyclic) bond motifs is 5. The molecular weight excluding hydrogens is 532 g/mol. The Balaban J connectivity index is 0.000000167. The molecule has 10 heteroatoms. The van der Waals surface area contributed by atoms with Crippen molar-refractivity contribution in [3.63, 3.8) is 0 Å². The van der Waals surface area contributed by atoms with E-state index in [2.05, 4.69) is 0 Å². The normalized spacial score (nSPS) is 18.8. The third-order valence-corrected chi connectivity index (χ3v) is 7.15. The Labute approximate surface area is 233 Å². The minimum atomic E-state index is -1.33. The van der Waals surface area contributed by atoms with Gasteiger partial charge in [0, 0.05) is 35.3 Å². The SMILES string of the molecule is CC(C)=CCc1c(O)cc2oc(C)cc(=O)c2c1O.O=C1C=CC2=C3c4cc(O)c(O)cc4CC3(O)COC2=C1O. The first-order valence-corrected chi connectivity index (χ1v) is 12.7. The molecule has 1 unspecified atom stereocenters. The minimum absolute atomic E-state index is 0.0348. The van der Waals surface area contributed by atoms with Gasteiger partial charge in [0.1, 0.15) is 40.4 Å². The number of phenols is 4. The predicted molar refractivity (Wildman–Crippen MR) is 149 cm³/mol. The van der Waals surface area contributed by atoms with Gasteiger partial charge in [-0.05, 0) is 62.6 Å². The van der Waals surface area contributed by atoms with Gasteiger partial charge in [-0.2, -0.15) is 0 Å². The Hall–Kier alpha value is -4.96. The molecule has 3 aromatic rings. The van der Waals surface area contributed by atoms with E-state index in [1.54, 1.807) is 6.92 Å². The molecule has 0 radical (unpaired) electrons. The lowest BCUT2D eigenvalue weighted by Gasteiger charge is -2.33. The van der Waals surface area contributed by atoms with Gasteiger partial charge in [-0.3, -0.25) is 9.59 Å². The molecule has 41 heavy (non-hydrogen) atoms. The van der Waals surface area contributed by atoms with E-state index in [-0.39, 0.29) is 58.2 Å². The Morgan fingerprint density at radius 3 is 2.39 bits per heavy atom. The van der Waals surface area contributed by atoms with Crippen LogP contribution in [0.3, 0.4) is 0 Å². The molecule has 6 rings (SSSR count). The number of ether oxygens (including phenoxy) is 1. The third kappa shape index (κ3) is 4.72. The number of aromatic hydroxyl groups is 4. The van der Waals surface area contributed by atoms with Gasteiger partial charge in [0.15, 0.2) is 22.7 Å². The highest BCUT2D eigenvalue weighted by atomic mass is 16.5. The molecule has 0 saturated carbocycles. The van der Waals surface area contributed by atoms with Crippen molar-refractivity contribution in [1.29, 1.82) is 0 Å². The van der Waals surface area contributed by atoms with E-state index in [0.717, 1.165) is 5.57 Å². The molecule has 6 N–H and O–H groups in total. The predicted octanol–water partition coefficient (Wildman–Crippen LogP) is 4.10. The van der Waals surface area contributed by atoms with Crippen LogP contribution in [-0.4, -0.2) is 48.6 Å². The van der Waals surface area contributed by atoms with Gasteiger partial charge in [0.05, 0.1) is 0 Å². The van der Waals surface area contributed by atoms with Crippen LogP contribution in [0.25, 0.3) is 16.5 Å². The number of carbonyl (C=O) groups excluding carboxylic acids is 1. The van der Waals surface area contributed by atoms with Crippen molar-refractivity contribution in [3.8, 4) is 23.0 Å². The Kier molecular flexibility index (Phi) is 6.66. The average Bonchev–Trinajstić information content (AvgIpc) is 3.17. The number of carbonyl (C=O) groups is 1. The highest BCUT2D eigenvalue weighted by Gasteiger charge is 2.47.